The highest BCUT2D eigenvalue weighted by atomic mass is 16.6. The Morgan fingerprint density at radius 2 is 1.80 bits per heavy atom. The van der Waals surface area contributed by atoms with Gasteiger partial charge in [-0.2, -0.15) is 0 Å². The van der Waals surface area contributed by atoms with Crippen LogP contribution in [0.3, 0.4) is 0 Å². The Kier molecular flexibility index (Phi) is 8.52. The normalized spacial score (nSPS) is 11.2. The maximum atomic E-state index is 12.1. The van der Waals surface area contributed by atoms with Crippen LogP contribution in [0.2, 0.25) is 0 Å². The third kappa shape index (κ3) is 8.17. The van der Waals surface area contributed by atoms with Gasteiger partial charge in [-0.15, -0.1) is 0 Å². The number of rotatable bonds is 10. The molecular weight excluding hydrogens is 448 g/mol. The van der Waals surface area contributed by atoms with Gasteiger partial charge >= 0.3 is 12.1 Å². The first-order valence-electron chi connectivity index (χ1n) is 11.6. The number of nitrogens with one attached hydrogen (secondary N) is 1. The van der Waals surface area contributed by atoms with Crippen LogP contribution < -0.4 is 10.1 Å². The van der Waals surface area contributed by atoms with Crippen LogP contribution in [-0.4, -0.2) is 34.4 Å². The summed E-state index contributed by atoms with van der Waals surface area (Å²) in [7, 11) is 0. The maximum absolute atomic E-state index is 12.1. The summed E-state index contributed by atoms with van der Waals surface area (Å²) in [6, 6.07) is 15.2. The highest BCUT2D eigenvalue weighted by Gasteiger charge is 2.17. The molecule has 8 nitrogen and oxygen atoms in total. The third-order valence-electron chi connectivity index (χ3n) is 5.13. The van der Waals surface area contributed by atoms with E-state index in [2.05, 4.69) is 10.3 Å². The number of carboxylic acids is 1. The molecule has 0 saturated heterocycles. The predicted molar refractivity (Wildman–Crippen MR) is 131 cm³/mol. The molecule has 35 heavy (non-hydrogen) atoms. The van der Waals surface area contributed by atoms with Gasteiger partial charge in [0, 0.05) is 24.9 Å². The zero-order valence-corrected chi connectivity index (χ0v) is 20.6. The number of oxazole rings is 1. The lowest BCUT2D eigenvalue weighted by atomic mass is 10.0. The zero-order valence-electron chi connectivity index (χ0n) is 20.6. The summed E-state index contributed by atoms with van der Waals surface area (Å²) >= 11 is 0. The molecule has 1 aromatic heterocycles. The quantitative estimate of drug-likeness (QED) is 0.404. The minimum absolute atomic E-state index is 0.00513. The van der Waals surface area contributed by atoms with Crippen LogP contribution in [0.5, 0.6) is 5.75 Å². The number of aromatic nitrogens is 1. The molecule has 1 heterocycles. The molecule has 0 atom stereocenters. The molecule has 1 amide bonds. The first-order valence-corrected chi connectivity index (χ1v) is 11.6. The average molecular weight is 481 g/mol. The number of hydrogen-bond donors (Lipinski definition) is 2. The van der Waals surface area contributed by atoms with Crippen LogP contribution in [-0.2, 0) is 28.9 Å². The van der Waals surface area contributed by atoms with Gasteiger partial charge < -0.3 is 24.3 Å². The minimum Gasteiger partial charge on any atom is -0.493 e. The molecule has 0 bridgehead atoms. The summed E-state index contributed by atoms with van der Waals surface area (Å²) in [6.45, 7) is 7.83. The van der Waals surface area contributed by atoms with E-state index in [-0.39, 0.29) is 13.0 Å². The number of benzene rings is 2. The van der Waals surface area contributed by atoms with Crippen molar-refractivity contribution in [2.45, 2.75) is 59.1 Å². The summed E-state index contributed by atoms with van der Waals surface area (Å²) in [5.74, 6) is 1.07. The van der Waals surface area contributed by atoms with E-state index in [9.17, 15) is 9.59 Å². The zero-order chi connectivity index (χ0) is 25.4. The lowest BCUT2D eigenvalue weighted by molar-refractivity contribution is -0.136. The van der Waals surface area contributed by atoms with Crippen LogP contribution in [0, 0.1) is 6.92 Å². The lowest BCUT2D eigenvalue weighted by Crippen LogP contribution is -2.32. The van der Waals surface area contributed by atoms with Crippen molar-refractivity contribution >= 4 is 12.1 Å². The summed E-state index contributed by atoms with van der Waals surface area (Å²) in [4.78, 5) is 27.7. The van der Waals surface area contributed by atoms with Crippen molar-refractivity contribution in [3.8, 4) is 17.2 Å². The number of aliphatic carboxylic acids is 1. The van der Waals surface area contributed by atoms with Crippen LogP contribution >= 0.6 is 0 Å². The fourth-order valence-electron chi connectivity index (χ4n) is 3.45. The van der Waals surface area contributed by atoms with Crippen molar-refractivity contribution in [3.63, 3.8) is 0 Å². The van der Waals surface area contributed by atoms with Gasteiger partial charge in [0.2, 0.25) is 5.89 Å². The number of ether oxygens (including phenoxy) is 2. The van der Waals surface area contributed by atoms with Gasteiger partial charge in [0.25, 0.3) is 0 Å². The Labute approximate surface area is 205 Å². The monoisotopic (exact) mass is 480 g/mol. The molecule has 0 aliphatic carbocycles. The fourth-order valence-corrected chi connectivity index (χ4v) is 3.45. The van der Waals surface area contributed by atoms with Gasteiger partial charge in [-0.3, -0.25) is 4.79 Å². The molecule has 2 aromatic carbocycles. The highest BCUT2D eigenvalue weighted by molar-refractivity contribution is 5.68. The van der Waals surface area contributed by atoms with Crippen molar-refractivity contribution in [2.24, 2.45) is 0 Å². The Morgan fingerprint density at radius 1 is 1.06 bits per heavy atom. The van der Waals surface area contributed by atoms with Gasteiger partial charge in [0.1, 0.15) is 17.1 Å². The van der Waals surface area contributed by atoms with E-state index in [1.165, 1.54) is 0 Å². The molecular formula is C27H32N2O6. The second kappa shape index (κ2) is 11.6. The second-order valence-corrected chi connectivity index (χ2v) is 9.17. The molecule has 2 N–H and O–H groups in total. The number of carbonyl (C=O) groups excluding carboxylic acids is 1. The lowest BCUT2D eigenvalue weighted by Gasteiger charge is -2.20. The molecule has 3 aromatic rings. The highest BCUT2D eigenvalue weighted by Crippen LogP contribution is 2.23. The van der Waals surface area contributed by atoms with Crippen molar-refractivity contribution < 1.29 is 28.6 Å². The first-order chi connectivity index (χ1) is 16.6. The molecule has 8 heteroatoms. The molecule has 0 fully saturated rings. The average Bonchev–Trinajstić information content (AvgIpc) is 3.17. The van der Waals surface area contributed by atoms with Crippen LogP contribution in [0.4, 0.5) is 4.79 Å². The molecule has 0 unspecified atom stereocenters. The van der Waals surface area contributed by atoms with E-state index < -0.39 is 17.7 Å². The van der Waals surface area contributed by atoms with Crippen molar-refractivity contribution in [1.29, 1.82) is 0 Å². The van der Waals surface area contributed by atoms with Gasteiger partial charge in [-0.1, -0.05) is 24.3 Å². The van der Waals surface area contributed by atoms with Crippen molar-refractivity contribution in [3.05, 3.63) is 71.1 Å². The van der Waals surface area contributed by atoms with Crippen LogP contribution in [0.1, 0.15) is 49.8 Å². The standard InChI is InChI=1S/C27H32N2O6/c1-18-23(29-25(34-18)20-8-6-5-7-9-20)14-15-33-22-12-10-19(11-13-24(30)31)21(16-22)17-28-26(32)35-27(2,3)4/h5-10,12,16H,11,13-15,17H2,1-4H3,(H,28,32)(H,30,31). The second-order valence-electron chi connectivity index (χ2n) is 9.17. The number of nitrogens with zero attached hydrogens (tertiary/aromatic N) is 1. The molecule has 0 saturated carbocycles. The van der Waals surface area contributed by atoms with E-state index >= 15 is 0 Å². The maximum Gasteiger partial charge on any atom is 0.407 e. The number of aryl methyl sites for hydroxylation is 2. The smallest absolute Gasteiger partial charge is 0.407 e. The van der Waals surface area contributed by atoms with E-state index in [0.717, 1.165) is 28.1 Å². The first kappa shape index (κ1) is 25.8. The summed E-state index contributed by atoms with van der Waals surface area (Å²) in [5.41, 5.74) is 2.74. The number of carbonyl (C=O) groups is 2. The molecule has 0 spiro atoms. The summed E-state index contributed by atoms with van der Waals surface area (Å²) in [5, 5.41) is 11.8. The topological polar surface area (TPSA) is 111 Å². The molecule has 0 radical (unpaired) electrons. The van der Waals surface area contributed by atoms with Crippen LogP contribution in [0.25, 0.3) is 11.5 Å². The van der Waals surface area contributed by atoms with Crippen molar-refractivity contribution in [1.82, 2.24) is 10.3 Å². The van der Waals surface area contributed by atoms with Gasteiger partial charge in [0.05, 0.1) is 12.3 Å². The number of carboxylic acid groups (broad SMARTS) is 1. The Bertz CT molecular complexity index is 1150. The fraction of sp³-hybridized carbons (Fsp3) is 0.370. The predicted octanol–water partition coefficient (Wildman–Crippen LogP) is 5.31. The van der Waals surface area contributed by atoms with E-state index in [1.54, 1.807) is 26.8 Å². The Hall–Kier alpha value is -3.81. The van der Waals surface area contributed by atoms with E-state index in [4.69, 9.17) is 19.0 Å². The number of hydrogen-bond acceptors (Lipinski definition) is 6. The Balaban J connectivity index is 1.64. The largest absolute Gasteiger partial charge is 0.493 e. The number of amides is 1. The molecule has 0 aliphatic rings. The van der Waals surface area contributed by atoms with E-state index in [0.29, 0.717) is 31.1 Å². The van der Waals surface area contributed by atoms with Gasteiger partial charge in [-0.05, 0) is 69.5 Å². The van der Waals surface area contributed by atoms with Gasteiger partial charge in [-0.25, -0.2) is 9.78 Å². The molecule has 0 aliphatic heterocycles. The number of alkyl carbamates (subject to hydrolysis) is 1. The SMILES string of the molecule is Cc1oc(-c2ccccc2)nc1CCOc1ccc(CCC(=O)O)c(CNC(=O)OC(C)(C)C)c1. The van der Waals surface area contributed by atoms with Crippen molar-refractivity contribution in [2.75, 3.05) is 6.61 Å². The van der Waals surface area contributed by atoms with Crippen LogP contribution in [0.15, 0.2) is 52.9 Å². The summed E-state index contributed by atoms with van der Waals surface area (Å²) in [6.07, 6.45) is 0.369. The molecule has 186 valence electrons. The minimum atomic E-state index is -0.880. The van der Waals surface area contributed by atoms with Gasteiger partial charge in [0.15, 0.2) is 0 Å². The molecule has 3 rings (SSSR count). The Morgan fingerprint density at radius 3 is 2.49 bits per heavy atom. The summed E-state index contributed by atoms with van der Waals surface area (Å²) < 4.78 is 17.0. The van der Waals surface area contributed by atoms with E-state index in [1.807, 2.05) is 49.4 Å². The third-order valence-corrected chi connectivity index (χ3v) is 5.13.